The van der Waals surface area contributed by atoms with Crippen LogP contribution in [-0.4, -0.2) is 58.4 Å². The summed E-state index contributed by atoms with van der Waals surface area (Å²) in [4.78, 5) is 89.8. The SMILES string of the molecule is COc1cc([N+](=O)[O-])c(C=O)c([N+](=O)[O-])c1OC(=O)c1ccc(C(=O)Oc2c(OC)cc([N+](=O)[O-])c(C=O)c2[N+](=O)[O-])cc1. The van der Waals surface area contributed by atoms with Gasteiger partial charge in [-0.25, -0.2) is 9.59 Å². The second-order valence-corrected chi connectivity index (χ2v) is 8.00. The Balaban J connectivity index is 1.99. The summed E-state index contributed by atoms with van der Waals surface area (Å²) in [7, 11) is 1.92. The number of aldehydes is 2. The highest BCUT2D eigenvalue weighted by Crippen LogP contribution is 2.45. The molecule has 3 aromatic rings. The van der Waals surface area contributed by atoms with E-state index < -0.39 is 88.5 Å². The van der Waals surface area contributed by atoms with Gasteiger partial charge in [0.25, 0.3) is 22.9 Å². The molecule has 44 heavy (non-hydrogen) atoms. The number of hydrogen-bond acceptors (Lipinski definition) is 16. The zero-order valence-electron chi connectivity index (χ0n) is 21.9. The minimum absolute atomic E-state index is 0.171. The number of carbonyl (C=O) groups excluding carboxylic acids is 4. The molecule has 0 aliphatic rings. The van der Waals surface area contributed by atoms with Gasteiger partial charge in [-0.05, 0) is 24.3 Å². The molecule has 20 heteroatoms. The first-order chi connectivity index (χ1) is 20.8. The molecular formula is C24H14N4O16. The Morgan fingerprint density at radius 1 is 0.614 bits per heavy atom. The van der Waals surface area contributed by atoms with E-state index in [9.17, 15) is 59.6 Å². The summed E-state index contributed by atoms with van der Waals surface area (Å²) in [5, 5.41) is 45.9. The fourth-order valence-corrected chi connectivity index (χ4v) is 3.70. The van der Waals surface area contributed by atoms with Crippen molar-refractivity contribution in [2.24, 2.45) is 0 Å². The standard InChI is InChI=1S/C24H14N4O16/c1-41-17-7-15(25(33)34)13(9-29)19(27(37)38)21(17)43-23(31)11-3-5-12(6-4-11)24(32)44-22-18(42-2)8-16(26(35)36)14(10-30)20(22)28(39)40/h3-10H,1-2H3. The first-order valence-corrected chi connectivity index (χ1v) is 11.3. The van der Waals surface area contributed by atoms with Gasteiger partial charge in [0.2, 0.25) is 0 Å². The third kappa shape index (κ3) is 5.93. The lowest BCUT2D eigenvalue weighted by Crippen LogP contribution is -2.14. The molecule has 0 aliphatic carbocycles. The van der Waals surface area contributed by atoms with Crippen LogP contribution in [0.25, 0.3) is 0 Å². The molecule has 0 bridgehead atoms. The Morgan fingerprint density at radius 3 is 1.16 bits per heavy atom. The van der Waals surface area contributed by atoms with Crippen LogP contribution >= 0.6 is 0 Å². The number of benzene rings is 3. The van der Waals surface area contributed by atoms with Gasteiger partial charge in [-0.3, -0.25) is 50.0 Å². The zero-order valence-corrected chi connectivity index (χ0v) is 21.9. The summed E-state index contributed by atoms with van der Waals surface area (Å²) in [5.41, 5.74) is -7.16. The van der Waals surface area contributed by atoms with Gasteiger partial charge in [0.15, 0.2) is 35.2 Å². The van der Waals surface area contributed by atoms with Gasteiger partial charge < -0.3 is 18.9 Å². The van der Waals surface area contributed by atoms with Crippen molar-refractivity contribution < 1.29 is 57.8 Å². The number of esters is 2. The van der Waals surface area contributed by atoms with Gasteiger partial charge >= 0.3 is 23.3 Å². The molecule has 0 unspecified atom stereocenters. The summed E-state index contributed by atoms with van der Waals surface area (Å²) in [6.45, 7) is 0. The van der Waals surface area contributed by atoms with Crippen molar-refractivity contribution in [3.63, 3.8) is 0 Å². The summed E-state index contributed by atoms with van der Waals surface area (Å²) >= 11 is 0. The topological polar surface area (TPSA) is 278 Å². The van der Waals surface area contributed by atoms with Gasteiger partial charge in [-0.1, -0.05) is 0 Å². The van der Waals surface area contributed by atoms with E-state index in [2.05, 4.69) is 0 Å². The Hall–Kier alpha value is -6.86. The molecule has 0 N–H and O–H groups in total. The van der Waals surface area contributed by atoms with Crippen molar-refractivity contribution in [2.75, 3.05) is 14.2 Å². The van der Waals surface area contributed by atoms with Crippen molar-refractivity contribution in [1.82, 2.24) is 0 Å². The van der Waals surface area contributed by atoms with E-state index in [1.807, 2.05) is 0 Å². The van der Waals surface area contributed by atoms with Crippen LogP contribution in [0.2, 0.25) is 0 Å². The Morgan fingerprint density at radius 2 is 0.932 bits per heavy atom. The number of nitro benzene ring substituents is 4. The van der Waals surface area contributed by atoms with Crippen molar-refractivity contribution in [3.8, 4) is 23.0 Å². The van der Waals surface area contributed by atoms with Crippen LogP contribution in [0.5, 0.6) is 23.0 Å². The molecule has 0 radical (unpaired) electrons. The molecule has 0 fully saturated rings. The van der Waals surface area contributed by atoms with Crippen LogP contribution in [0.1, 0.15) is 41.4 Å². The number of carbonyl (C=O) groups is 4. The number of nitro groups is 4. The van der Waals surface area contributed by atoms with E-state index in [0.29, 0.717) is 12.1 Å². The molecule has 226 valence electrons. The largest absolute Gasteiger partial charge is 0.492 e. The normalized spacial score (nSPS) is 10.2. The highest BCUT2D eigenvalue weighted by atomic mass is 16.6. The van der Waals surface area contributed by atoms with Gasteiger partial charge in [0.1, 0.15) is 0 Å². The average Bonchev–Trinajstić information content (AvgIpc) is 2.99. The fourth-order valence-electron chi connectivity index (χ4n) is 3.70. The third-order valence-corrected chi connectivity index (χ3v) is 5.66. The lowest BCUT2D eigenvalue weighted by atomic mass is 10.1. The minimum atomic E-state index is -1.31. The number of nitrogens with zero attached hydrogens (tertiary/aromatic N) is 4. The highest BCUT2D eigenvalue weighted by molar-refractivity contribution is 5.98. The van der Waals surface area contributed by atoms with Crippen molar-refractivity contribution in [1.29, 1.82) is 0 Å². The van der Waals surface area contributed by atoms with Crippen LogP contribution in [-0.2, 0) is 0 Å². The van der Waals surface area contributed by atoms with Crippen molar-refractivity contribution in [2.45, 2.75) is 0 Å². The average molecular weight is 614 g/mol. The molecule has 0 heterocycles. The molecule has 0 aromatic heterocycles. The van der Waals surface area contributed by atoms with E-state index in [-0.39, 0.29) is 23.7 Å². The molecule has 3 aromatic carbocycles. The van der Waals surface area contributed by atoms with E-state index in [4.69, 9.17) is 18.9 Å². The number of methoxy groups -OCH3 is 2. The Labute approximate surface area is 241 Å². The van der Waals surface area contributed by atoms with Crippen LogP contribution in [0, 0.1) is 40.5 Å². The molecule has 20 nitrogen and oxygen atoms in total. The first kappa shape index (κ1) is 31.7. The van der Waals surface area contributed by atoms with Gasteiger partial charge in [-0.2, -0.15) is 0 Å². The lowest BCUT2D eigenvalue weighted by molar-refractivity contribution is -0.395. The quantitative estimate of drug-likeness (QED) is 0.0928. The summed E-state index contributed by atoms with van der Waals surface area (Å²) in [6, 6.07) is 5.12. The maximum atomic E-state index is 12.8. The molecule has 0 saturated heterocycles. The molecule has 0 saturated carbocycles. The molecule has 0 amide bonds. The molecule has 0 aliphatic heterocycles. The highest BCUT2D eigenvalue weighted by Gasteiger charge is 2.37. The van der Waals surface area contributed by atoms with E-state index in [0.717, 1.165) is 38.5 Å². The number of hydrogen-bond donors (Lipinski definition) is 0. The summed E-state index contributed by atoms with van der Waals surface area (Å²) in [6.07, 6.45) is -0.342. The first-order valence-electron chi connectivity index (χ1n) is 11.3. The predicted octanol–water partition coefficient (Wildman–Crippen LogP) is 3.40. The van der Waals surface area contributed by atoms with Gasteiger partial charge in [-0.15, -0.1) is 0 Å². The Kier molecular flexibility index (Phi) is 9.18. The second-order valence-electron chi connectivity index (χ2n) is 8.00. The second kappa shape index (κ2) is 12.8. The van der Waals surface area contributed by atoms with Crippen LogP contribution in [0.15, 0.2) is 36.4 Å². The third-order valence-electron chi connectivity index (χ3n) is 5.66. The lowest BCUT2D eigenvalue weighted by Gasteiger charge is -2.12. The van der Waals surface area contributed by atoms with Crippen molar-refractivity contribution in [3.05, 3.63) is 99.1 Å². The maximum Gasteiger partial charge on any atom is 0.343 e. The molecular weight excluding hydrogens is 600 g/mol. The molecule has 0 spiro atoms. The molecule has 0 atom stereocenters. The smallest absolute Gasteiger partial charge is 0.343 e. The van der Waals surface area contributed by atoms with Gasteiger partial charge in [0.05, 0.1) is 57.2 Å². The monoisotopic (exact) mass is 614 g/mol. The van der Waals surface area contributed by atoms with Crippen LogP contribution in [0.3, 0.4) is 0 Å². The van der Waals surface area contributed by atoms with Crippen LogP contribution in [0.4, 0.5) is 22.7 Å². The van der Waals surface area contributed by atoms with Gasteiger partial charge in [0, 0.05) is 0 Å². The number of rotatable bonds is 12. The van der Waals surface area contributed by atoms with Crippen LogP contribution < -0.4 is 18.9 Å². The summed E-state index contributed by atoms with van der Waals surface area (Å²) < 4.78 is 19.8. The van der Waals surface area contributed by atoms with E-state index in [1.165, 1.54) is 0 Å². The van der Waals surface area contributed by atoms with E-state index in [1.54, 1.807) is 0 Å². The Bertz CT molecular complexity index is 1640. The fraction of sp³-hybridized carbons (Fsp3) is 0.0833. The predicted molar refractivity (Wildman–Crippen MR) is 140 cm³/mol. The number of ether oxygens (including phenoxy) is 4. The maximum absolute atomic E-state index is 12.8. The summed E-state index contributed by atoms with van der Waals surface area (Å²) in [5.74, 6) is -5.73. The molecule has 3 rings (SSSR count). The van der Waals surface area contributed by atoms with E-state index >= 15 is 0 Å². The minimum Gasteiger partial charge on any atom is -0.492 e. The zero-order chi connectivity index (χ0) is 32.9. The van der Waals surface area contributed by atoms with Crippen molar-refractivity contribution >= 4 is 47.3 Å².